The molecule has 11 heavy (non-hydrogen) atoms. The second-order valence-electron chi connectivity index (χ2n) is 2.77. The van der Waals surface area contributed by atoms with Gasteiger partial charge in [-0.2, -0.15) is 0 Å². The number of allylic oxidation sites excluding steroid dienone is 5. The summed E-state index contributed by atoms with van der Waals surface area (Å²) in [7, 11) is 0. The minimum Gasteiger partial charge on any atom is -0.281 e. The lowest BCUT2D eigenvalue weighted by molar-refractivity contribution is 1.03. The first-order valence-electron chi connectivity index (χ1n) is 4.05. The Morgan fingerprint density at radius 1 is 1.09 bits per heavy atom. The Morgan fingerprint density at radius 2 is 2.09 bits per heavy atom. The summed E-state index contributed by atoms with van der Waals surface area (Å²) >= 11 is 0. The molecule has 0 radical (unpaired) electrons. The Balaban J connectivity index is 2.21. The summed E-state index contributed by atoms with van der Waals surface area (Å²) in [4.78, 5) is 4.35. The SMILES string of the molecule is C1=CC(C2=NCC=C2)=CCC1. The van der Waals surface area contributed by atoms with Crippen molar-refractivity contribution < 1.29 is 0 Å². The molecule has 1 nitrogen and oxygen atoms in total. The lowest BCUT2D eigenvalue weighted by Crippen LogP contribution is -1.96. The van der Waals surface area contributed by atoms with Crippen LogP contribution in [-0.4, -0.2) is 12.3 Å². The molecule has 0 saturated carbocycles. The van der Waals surface area contributed by atoms with Gasteiger partial charge in [-0.25, -0.2) is 0 Å². The van der Waals surface area contributed by atoms with Crippen molar-refractivity contribution in [3.8, 4) is 0 Å². The molecule has 56 valence electrons. The average Bonchev–Trinajstić information content (AvgIpc) is 2.58. The fourth-order valence-electron chi connectivity index (χ4n) is 1.36. The van der Waals surface area contributed by atoms with Gasteiger partial charge in [0.2, 0.25) is 0 Å². The van der Waals surface area contributed by atoms with Crippen LogP contribution >= 0.6 is 0 Å². The summed E-state index contributed by atoms with van der Waals surface area (Å²) in [6, 6.07) is 0. The fraction of sp³-hybridized carbons (Fsp3) is 0.300. The zero-order valence-electron chi connectivity index (χ0n) is 6.46. The molecule has 0 atom stereocenters. The highest BCUT2D eigenvalue weighted by Gasteiger charge is 2.04. The molecule has 0 saturated heterocycles. The summed E-state index contributed by atoms with van der Waals surface area (Å²) in [5.74, 6) is 0. The summed E-state index contributed by atoms with van der Waals surface area (Å²) in [5, 5.41) is 0. The highest BCUT2D eigenvalue weighted by molar-refractivity contribution is 6.11. The third-order valence-corrected chi connectivity index (χ3v) is 1.93. The van der Waals surface area contributed by atoms with Gasteiger partial charge in [0.05, 0.1) is 12.3 Å². The van der Waals surface area contributed by atoms with Gasteiger partial charge in [0.1, 0.15) is 0 Å². The lowest BCUT2D eigenvalue weighted by atomic mass is 10.0. The normalized spacial score (nSPS) is 21.8. The predicted molar refractivity (Wildman–Crippen MR) is 47.9 cm³/mol. The summed E-state index contributed by atoms with van der Waals surface area (Å²) in [6.45, 7) is 0.862. The van der Waals surface area contributed by atoms with Crippen LogP contribution in [0.4, 0.5) is 0 Å². The molecule has 0 bridgehead atoms. The zero-order chi connectivity index (χ0) is 7.52. The Kier molecular flexibility index (Phi) is 1.72. The molecule has 0 fully saturated rings. The molecule has 0 aromatic carbocycles. The fourth-order valence-corrected chi connectivity index (χ4v) is 1.36. The molecule has 0 aromatic heterocycles. The van der Waals surface area contributed by atoms with E-state index in [4.69, 9.17) is 0 Å². The van der Waals surface area contributed by atoms with E-state index in [2.05, 4.69) is 35.4 Å². The first-order valence-corrected chi connectivity index (χ1v) is 4.05. The Labute approximate surface area is 66.8 Å². The molecule has 0 spiro atoms. The van der Waals surface area contributed by atoms with E-state index in [1.807, 2.05) is 0 Å². The second-order valence-corrected chi connectivity index (χ2v) is 2.77. The van der Waals surface area contributed by atoms with E-state index >= 15 is 0 Å². The van der Waals surface area contributed by atoms with E-state index in [0.29, 0.717) is 0 Å². The first-order chi connectivity index (χ1) is 5.47. The molecule has 1 aliphatic heterocycles. The van der Waals surface area contributed by atoms with Gasteiger partial charge in [-0.1, -0.05) is 24.3 Å². The minimum absolute atomic E-state index is 0.862. The number of hydrogen-bond acceptors (Lipinski definition) is 1. The summed E-state index contributed by atoms with van der Waals surface area (Å²) in [5.41, 5.74) is 2.45. The van der Waals surface area contributed by atoms with Crippen LogP contribution < -0.4 is 0 Å². The quantitative estimate of drug-likeness (QED) is 0.536. The topological polar surface area (TPSA) is 12.4 Å². The van der Waals surface area contributed by atoms with Crippen LogP contribution in [0.5, 0.6) is 0 Å². The highest BCUT2D eigenvalue weighted by Crippen LogP contribution is 2.13. The van der Waals surface area contributed by atoms with Crippen molar-refractivity contribution in [3.05, 3.63) is 36.0 Å². The maximum absolute atomic E-state index is 4.35. The highest BCUT2D eigenvalue weighted by atomic mass is 14.7. The van der Waals surface area contributed by atoms with Crippen molar-refractivity contribution in [3.63, 3.8) is 0 Å². The smallest absolute Gasteiger partial charge is 0.0644 e. The van der Waals surface area contributed by atoms with Crippen LogP contribution in [-0.2, 0) is 0 Å². The zero-order valence-corrected chi connectivity index (χ0v) is 6.46. The number of rotatable bonds is 1. The van der Waals surface area contributed by atoms with E-state index in [9.17, 15) is 0 Å². The van der Waals surface area contributed by atoms with Gasteiger partial charge in [-0.3, -0.25) is 4.99 Å². The van der Waals surface area contributed by atoms with E-state index in [0.717, 1.165) is 12.3 Å². The standard InChI is InChI=1S/C10H11N/c1-2-5-9(6-3-1)10-7-4-8-11-10/h2,4-7H,1,3,8H2. The van der Waals surface area contributed by atoms with Crippen molar-refractivity contribution in [1.29, 1.82) is 0 Å². The van der Waals surface area contributed by atoms with Crippen molar-refractivity contribution in [2.24, 2.45) is 4.99 Å². The Hall–Kier alpha value is -1.11. The maximum atomic E-state index is 4.35. The van der Waals surface area contributed by atoms with Crippen LogP contribution in [0.25, 0.3) is 0 Å². The van der Waals surface area contributed by atoms with Gasteiger partial charge in [-0.15, -0.1) is 0 Å². The number of nitrogens with zero attached hydrogens (tertiary/aromatic N) is 1. The van der Waals surface area contributed by atoms with E-state index in [-0.39, 0.29) is 0 Å². The van der Waals surface area contributed by atoms with Crippen LogP contribution in [0.2, 0.25) is 0 Å². The first kappa shape index (κ1) is 6.59. The lowest BCUT2D eigenvalue weighted by Gasteiger charge is -2.03. The molecule has 2 rings (SSSR count). The Morgan fingerprint density at radius 3 is 2.73 bits per heavy atom. The van der Waals surface area contributed by atoms with Gasteiger partial charge in [0, 0.05) is 0 Å². The maximum Gasteiger partial charge on any atom is 0.0644 e. The van der Waals surface area contributed by atoms with Gasteiger partial charge in [-0.05, 0) is 24.5 Å². The van der Waals surface area contributed by atoms with Crippen LogP contribution in [0.1, 0.15) is 12.8 Å². The largest absolute Gasteiger partial charge is 0.281 e. The van der Waals surface area contributed by atoms with Crippen molar-refractivity contribution in [1.82, 2.24) is 0 Å². The minimum atomic E-state index is 0.862. The third-order valence-electron chi connectivity index (χ3n) is 1.93. The van der Waals surface area contributed by atoms with Crippen molar-refractivity contribution in [2.75, 3.05) is 6.54 Å². The predicted octanol–water partition coefficient (Wildman–Crippen LogP) is 2.27. The molecular weight excluding hydrogens is 134 g/mol. The van der Waals surface area contributed by atoms with Gasteiger partial charge >= 0.3 is 0 Å². The monoisotopic (exact) mass is 145 g/mol. The number of hydrogen-bond donors (Lipinski definition) is 0. The molecule has 0 amide bonds. The van der Waals surface area contributed by atoms with Crippen LogP contribution in [0, 0.1) is 0 Å². The summed E-state index contributed by atoms with van der Waals surface area (Å²) in [6.07, 6.45) is 13.2. The van der Waals surface area contributed by atoms with E-state index < -0.39 is 0 Å². The molecule has 0 unspecified atom stereocenters. The van der Waals surface area contributed by atoms with Gasteiger partial charge in [0.15, 0.2) is 0 Å². The molecule has 1 heterocycles. The molecule has 1 heteroatoms. The third kappa shape index (κ3) is 1.32. The van der Waals surface area contributed by atoms with Gasteiger partial charge < -0.3 is 0 Å². The second kappa shape index (κ2) is 2.87. The molecule has 2 aliphatic rings. The molecule has 1 aliphatic carbocycles. The molecular formula is C10H11N. The Bertz CT molecular complexity index is 267. The summed E-state index contributed by atoms with van der Waals surface area (Å²) < 4.78 is 0. The number of aliphatic imine (C=N–C) groups is 1. The van der Waals surface area contributed by atoms with Crippen molar-refractivity contribution >= 4 is 5.71 Å². The molecule has 0 aromatic rings. The molecule has 0 N–H and O–H groups in total. The average molecular weight is 145 g/mol. The van der Waals surface area contributed by atoms with Crippen molar-refractivity contribution in [2.45, 2.75) is 12.8 Å². The van der Waals surface area contributed by atoms with E-state index in [1.54, 1.807) is 0 Å². The van der Waals surface area contributed by atoms with Gasteiger partial charge in [0.25, 0.3) is 0 Å². The van der Waals surface area contributed by atoms with Crippen LogP contribution in [0.3, 0.4) is 0 Å². The van der Waals surface area contributed by atoms with Crippen LogP contribution in [0.15, 0.2) is 40.9 Å². The van der Waals surface area contributed by atoms with E-state index in [1.165, 1.54) is 18.4 Å².